The summed E-state index contributed by atoms with van der Waals surface area (Å²) in [7, 11) is 0. The number of hydrogen-bond acceptors (Lipinski definition) is 3. The van der Waals surface area contributed by atoms with Gasteiger partial charge < -0.3 is 10.1 Å². The molecule has 0 aliphatic carbocycles. The first kappa shape index (κ1) is 11.1. The number of hydrogen-bond donors (Lipinski definition) is 1. The van der Waals surface area contributed by atoms with Crippen molar-refractivity contribution in [2.24, 2.45) is 0 Å². The number of ketones is 1. The van der Waals surface area contributed by atoms with Crippen molar-refractivity contribution in [2.45, 2.75) is 20.3 Å². The summed E-state index contributed by atoms with van der Waals surface area (Å²) in [5.74, 6) is -0.166. The lowest BCUT2D eigenvalue weighted by Gasteiger charge is -2.02. The van der Waals surface area contributed by atoms with Gasteiger partial charge in [-0.1, -0.05) is 6.92 Å². The zero-order valence-corrected chi connectivity index (χ0v) is 7.55. The van der Waals surface area contributed by atoms with Gasteiger partial charge in [0.2, 0.25) is 5.91 Å². The summed E-state index contributed by atoms with van der Waals surface area (Å²) in [6.45, 7) is 4.18. The number of carbonyl (C=O) groups excluding carboxylic acids is 2. The minimum atomic E-state index is -0.179. The van der Waals surface area contributed by atoms with Crippen molar-refractivity contribution in [3.63, 3.8) is 0 Å². The van der Waals surface area contributed by atoms with Crippen LogP contribution in [0.5, 0.6) is 0 Å². The molecule has 0 fully saturated rings. The van der Waals surface area contributed by atoms with Crippen LogP contribution in [0.3, 0.4) is 0 Å². The third-order valence-corrected chi connectivity index (χ3v) is 1.26. The lowest BCUT2D eigenvalue weighted by molar-refractivity contribution is -0.129. The normalized spacial score (nSPS) is 9.50. The fourth-order valence-electron chi connectivity index (χ4n) is 0.608. The van der Waals surface area contributed by atoms with Crippen molar-refractivity contribution >= 4 is 11.7 Å². The largest absolute Gasteiger partial charge is 0.364 e. The SMILES string of the molecule is CCNC(=O)COCC(=O)CC. The Morgan fingerprint density at radius 1 is 1.25 bits per heavy atom. The van der Waals surface area contributed by atoms with E-state index in [2.05, 4.69) is 5.32 Å². The van der Waals surface area contributed by atoms with E-state index in [1.165, 1.54) is 0 Å². The van der Waals surface area contributed by atoms with Crippen LogP contribution in [-0.2, 0) is 14.3 Å². The molecule has 1 N–H and O–H groups in total. The molecule has 0 spiro atoms. The molecule has 1 amide bonds. The van der Waals surface area contributed by atoms with Crippen molar-refractivity contribution in [1.29, 1.82) is 0 Å². The molecule has 12 heavy (non-hydrogen) atoms. The molecule has 0 aliphatic heterocycles. The number of Topliss-reactive ketones (excluding diaryl/α,β-unsaturated/α-hetero) is 1. The number of amides is 1. The van der Waals surface area contributed by atoms with E-state index in [4.69, 9.17) is 4.74 Å². The van der Waals surface area contributed by atoms with Crippen LogP contribution in [0.2, 0.25) is 0 Å². The number of nitrogens with one attached hydrogen (secondary N) is 1. The van der Waals surface area contributed by atoms with E-state index in [0.717, 1.165) is 0 Å². The zero-order valence-electron chi connectivity index (χ0n) is 7.55. The molecule has 0 aromatic heterocycles. The van der Waals surface area contributed by atoms with E-state index in [1.54, 1.807) is 6.92 Å². The maximum Gasteiger partial charge on any atom is 0.246 e. The van der Waals surface area contributed by atoms with Crippen molar-refractivity contribution in [3.8, 4) is 0 Å². The highest BCUT2D eigenvalue weighted by molar-refractivity contribution is 5.80. The third-order valence-electron chi connectivity index (χ3n) is 1.26. The Morgan fingerprint density at radius 3 is 2.42 bits per heavy atom. The Labute approximate surface area is 72.3 Å². The smallest absolute Gasteiger partial charge is 0.246 e. The fourth-order valence-corrected chi connectivity index (χ4v) is 0.608. The highest BCUT2D eigenvalue weighted by Crippen LogP contribution is 1.82. The molecule has 0 unspecified atom stereocenters. The second-order valence-corrected chi connectivity index (χ2v) is 2.34. The summed E-state index contributed by atoms with van der Waals surface area (Å²) >= 11 is 0. The minimum absolute atomic E-state index is 0.0132. The van der Waals surface area contributed by atoms with Crippen LogP contribution in [-0.4, -0.2) is 31.4 Å². The quantitative estimate of drug-likeness (QED) is 0.620. The second kappa shape index (κ2) is 6.79. The van der Waals surface area contributed by atoms with Gasteiger partial charge in [-0.15, -0.1) is 0 Å². The van der Waals surface area contributed by atoms with E-state index in [0.29, 0.717) is 13.0 Å². The summed E-state index contributed by atoms with van der Waals surface area (Å²) < 4.78 is 4.84. The number of likely N-dealkylation sites (N-methyl/N-ethyl adjacent to an activating group) is 1. The van der Waals surface area contributed by atoms with Crippen LogP contribution < -0.4 is 5.32 Å². The summed E-state index contributed by atoms with van der Waals surface area (Å²) in [5, 5.41) is 2.56. The molecule has 0 atom stereocenters. The van der Waals surface area contributed by atoms with Crippen LogP contribution in [0.15, 0.2) is 0 Å². The molecule has 70 valence electrons. The molecule has 0 rings (SSSR count). The topological polar surface area (TPSA) is 55.4 Å². The summed E-state index contributed by atoms with van der Waals surface area (Å²) in [6, 6.07) is 0. The number of carbonyl (C=O) groups is 2. The van der Waals surface area contributed by atoms with Gasteiger partial charge in [0, 0.05) is 13.0 Å². The number of rotatable bonds is 6. The highest BCUT2D eigenvalue weighted by Gasteiger charge is 2.01. The van der Waals surface area contributed by atoms with Crippen LogP contribution in [0, 0.1) is 0 Å². The van der Waals surface area contributed by atoms with Crippen molar-refractivity contribution < 1.29 is 14.3 Å². The summed E-state index contributed by atoms with van der Waals surface area (Å²) in [4.78, 5) is 21.5. The maximum absolute atomic E-state index is 10.8. The molecule has 0 radical (unpaired) electrons. The molecular formula is C8H15NO3. The Balaban J connectivity index is 3.30. The first-order chi connectivity index (χ1) is 5.70. The average molecular weight is 173 g/mol. The van der Waals surface area contributed by atoms with Crippen LogP contribution >= 0.6 is 0 Å². The lowest BCUT2D eigenvalue weighted by atomic mass is 10.3. The Hall–Kier alpha value is -0.900. The molecule has 0 saturated carbocycles. The standard InChI is InChI=1S/C8H15NO3/c1-3-7(10)5-12-6-8(11)9-4-2/h3-6H2,1-2H3,(H,9,11). The van der Waals surface area contributed by atoms with E-state index >= 15 is 0 Å². The van der Waals surface area contributed by atoms with Gasteiger partial charge in [-0.2, -0.15) is 0 Å². The summed E-state index contributed by atoms with van der Waals surface area (Å²) in [5.41, 5.74) is 0. The fraction of sp³-hybridized carbons (Fsp3) is 0.750. The highest BCUT2D eigenvalue weighted by atomic mass is 16.5. The van der Waals surface area contributed by atoms with Crippen molar-refractivity contribution in [3.05, 3.63) is 0 Å². The van der Waals surface area contributed by atoms with Gasteiger partial charge in [0.25, 0.3) is 0 Å². The molecule has 0 aliphatic rings. The van der Waals surface area contributed by atoms with Gasteiger partial charge in [-0.25, -0.2) is 0 Å². The zero-order chi connectivity index (χ0) is 9.40. The average Bonchev–Trinajstić information content (AvgIpc) is 2.04. The lowest BCUT2D eigenvalue weighted by Crippen LogP contribution is -2.28. The molecule has 0 aromatic carbocycles. The van der Waals surface area contributed by atoms with Gasteiger partial charge in [0.05, 0.1) is 0 Å². The van der Waals surface area contributed by atoms with Crippen LogP contribution in [0.25, 0.3) is 0 Å². The first-order valence-corrected chi connectivity index (χ1v) is 4.06. The monoisotopic (exact) mass is 173 g/mol. The van der Waals surface area contributed by atoms with Crippen LogP contribution in [0.1, 0.15) is 20.3 Å². The summed E-state index contributed by atoms with van der Waals surface area (Å²) in [6.07, 6.45) is 0.454. The van der Waals surface area contributed by atoms with Gasteiger partial charge >= 0.3 is 0 Å². The van der Waals surface area contributed by atoms with Gasteiger partial charge in [-0.05, 0) is 6.92 Å². The number of ether oxygens (including phenoxy) is 1. The van der Waals surface area contributed by atoms with Crippen LogP contribution in [0.4, 0.5) is 0 Å². The molecular weight excluding hydrogens is 158 g/mol. The Kier molecular flexibility index (Phi) is 6.28. The molecule has 0 aromatic rings. The second-order valence-electron chi connectivity index (χ2n) is 2.34. The minimum Gasteiger partial charge on any atom is -0.364 e. The molecule has 4 nitrogen and oxygen atoms in total. The molecule has 0 saturated heterocycles. The van der Waals surface area contributed by atoms with Crippen molar-refractivity contribution in [2.75, 3.05) is 19.8 Å². The maximum atomic E-state index is 10.8. The van der Waals surface area contributed by atoms with Gasteiger partial charge in [0.1, 0.15) is 13.2 Å². The predicted octanol–water partition coefficient (Wildman–Crippen LogP) is 0.118. The van der Waals surface area contributed by atoms with E-state index in [9.17, 15) is 9.59 Å². The Morgan fingerprint density at radius 2 is 1.92 bits per heavy atom. The Bertz CT molecular complexity index is 156. The molecule has 0 heterocycles. The van der Waals surface area contributed by atoms with E-state index in [-0.39, 0.29) is 24.9 Å². The van der Waals surface area contributed by atoms with Gasteiger partial charge in [-0.3, -0.25) is 9.59 Å². The first-order valence-electron chi connectivity index (χ1n) is 4.06. The van der Waals surface area contributed by atoms with Gasteiger partial charge in [0.15, 0.2) is 5.78 Å². The predicted molar refractivity (Wildman–Crippen MR) is 44.8 cm³/mol. The van der Waals surface area contributed by atoms with Crippen molar-refractivity contribution in [1.82, 2.24) is 5.32 Å². The molecule has 4 heteroatoms. The van der Waals surface area contributed by atoms with E-state index in [1.807, 2.05) is 6.92 Å². The molecule has 0 bridgehead atoms. The third kappa shape index (κ3) is 5.85. The van der Waals surface area contributed by atoms with E-state index < -0.39 is 0 Å².